The van der Waals surface area contributed by atoms with Crippen molar-refractivity contribution in [3.8, 4) is 0 Å². The number of aryl methyl sites for hydroxylation is 2. The third-order valence-corrected chi connectivity index (χ3v) is 6.60. The molecule has 8 heteroatoms. The van der Waals surface area contributed by atoms with E-state index in [0.717, 1.165) is 37.3 Å². The van der Waals surface area contributed by atoms with Gasteiger partial charge in [0.25, 0.3) is 11.8 Å². The van der Waals surface area contributed by atoms with Crippen molar-refractivity contribution >= 4 is 23.4 Å². The number of hydrogen-bond donors (Lipinski definition) is 2. The summed E-state index contributed by atoms with van der Waals surface area (Å²) in [5.41, 5.74) is 2.77. The van der Waals surface area contributed by atoms with Gasteiger partial charge in [0.2, 0.25) is 5.91 Å². The first-order chi connectivity index (χ1) is 14.4. The Morgan fingerprint density at radius 2 is 1.80 bits per heavy atom. The van der Waals surface area contributed by atoms with Gasteiger partial charge in [0.15, 0.2) is 12.6 Å². The summed E-state index contributed by atoms with van der Waals surface area (Å²) in [5, 5.41) is 0. The number of nitrogens with one attached hydrogen (secondary N) is 2. The maximum Gasteiger partial charge on any atom is 0.292 e. The smallest absolute Gasteiger partial charge is 0.292 e. The van der Waals surface area contributed by atoms with Crippen molar-refractivity contribution in [1.82, 2.24) is 4.90 Å². The molecule has 3 heterocycles. The lowest BCUT2D eigenvalue weighted by Crippen LogP contribution is -3.30. The van der Waals surface area contributed by atoms with Crippen LogP contribution >= 0.6 is 0 Å². The van der Waals surface area contributed by atoms with Crippen molar-refractivity contribution in [1.29, 1.82) is 0 Å². The molecule has 0 radical (unpaired) electrons. The van der Waals surface area contributed by atoms with E-state index in [4.69, 9.17) is 4.74 Å². The Morgan fingerprint density at radius 1 is 1.10 bits per heavy atom. The zero-order valence-electron chi connectivity index (χ0n) is 17.9. The first-order valence-corrected chi connectivity index (χ1v) is 10.9. The van der Waals surface area contributed by atoms with Gasteiger partial charge in [-0.15, -0.1) is 0 Å². The zero-order valence-corrected chi connectivity index (χ0v) is 17.9. The van der Waals surface area contributed by atoms with E-state index >= 15 is 0 Å². The van der Waals surface area contributed by atoms with Crippen molar-refractivity contribution in [3.63, 3.8) is 0 Å². The largest absolute Gasteiger partial charge is 0.378 e. The van der Waals surface area contributed by atoms with Gasteiger partial charge in [-0.2, -0.15) is 0 Å². The van der Waals surface area contributed by atoms with E-state index in [1.807, 2.05) is 36.9 Å². The molecule has 3 saturated heterocycles. The van der Waals surface area contributed by atoms with Gasteiger partial charge < -0.3 is 19.4 Å². The summed E-state index contributed by atoms with van der Waals surface area (Å²) in [6.07, 6.45) is 0.267. The van der Waals surface area contributed by atoms with E-state index in [1.165, 1.54) is 14.7 Å². The van der Waals surface area contributed by atoms with Crippen LogP contribution in [0.2, 0.25) is 0 Å². The Hall–Kier alpha value is -2.29. The molecule has 1 aromatic rings. The minimum atomic E-state index is -0.310. The number of carbonyl (C=O) groups excluding carboxylic acids is 3. The fraction of sp³-hybridized carbons (Fsp3) is 0.591. The maximum absolute atomic E-state index is 13.1. The Morgan fingerprint density at radius 3 is 2.47 bits per heavy atom. The van der Waals surface area contributed by atoms with Crippen LogP contribution in [-0.2, 0) is 19.1 Å². The normalized spacial score (nSPS) is 27.6. The highest BCUT2D eigenvalue weighted by molar-refractivity contribution is 6.22. The summed E-state index contributed by atoms with van der Waals surface area (Å²) in [4.78, 5) is 44.0. The fourth-order valence-electron chi connectivity index (χ4n) is 4.85. The molecule has 162 valence electrons. The van der Waals surface area contributed by atoms with Gasteiger partial charge in [-0.3, -0.25) is 14.4 Å². The number of anilines is 1. The van der Waals surface area contributed by atoms with E-state index in [9.17, 15) is 14.4 Å². The highest BCUT2D eigenvalue weighted by Crippen LogP contribution is 2.26. The number of piperazine rings is 1. The van der Waals surface area contributed by atoms with Crippen LogP contribution in [0.1, 0.15) is 17.5 Å². The third kappa shape index (κ3) is 4.26. The van der Waals surface area contributed by atoms with Crippen molar-refractivity contribution in [2.45, 2.75) is 26.3 Å². The predicted molar refractivity (Wildman–Crippen MR) is 110 cm³/mol. The molecular weight excluding hydrogens is 384 g/mol. The average molecular weight is 417 g/mol. The molecule has 0 aliphatic carbocycles. The summed E-state index contributed by atoms with van der Waals surface area (Å²) < 4.78 is 5.32. The van der Waals surface area contributed by atoms with Crippen molar-refractivity contribution in [2.24, 2.45) is 0 Å². The van der Waals surface area contributed by atoms with E-state index in [-0.39, 0.29) is 30.2 Å². The number of benzene rings is 1. The monoisotopic (exact) mass is 416 g/mol. The molecule has 3 aliphatic heterocycles. The van der Waals surface area contributed by atoms with Gasteiger partial charge in [-0.05, 0) is 25.5 Å². The molecule has 0 saturated carbocycles. The second kappa shape index (κ2) is 8.83. The number of ether oxygens (including phenoxy) is 1. The second-order valence-corrected chi connectivity index (χ2v) is 8.69. The first-order valence-electron chi connectivity index (χ1n) is 10.9. The van der Waals surface area contributed by atoms with Gasteiger partial charge in [0.1, 0.15) is 26.2 Å². The number of imide groups is 1. The maximum atomic E-state index is 13.1. The van der Waals surface area contributed by atoms with E-state index in [1.54, 1.807) is 0 Å². The van der Waals surface area contributed by atoms with Gasteiger partial charge in [-0.1, -0.05) is 17.7 Å². The van der Waals surface area contributed by atoms with Crippen LogP contribution in [0.15, 0.2) is 18.2 Å². The molecule has 3 fully saturated rings. The number of amides is 3. The quantitative estimate of drug-likeness (QED) is 0.536. The molecule has 0 spiro atoms. The van der Waals surface area contributed by atoms with Gasteiger partial charge in [0.05, 0.1) is 25.3 Å². The molecule has 3 amide bonds. The molecule has 8 nitrogen and oxygen atoms in total. The summed E-state index contributed by atoms with van der Waals surface area (Å²) in [7, 11) is 0. The van der Waals surface area contributed by atoms with Crippen LogP contribution in [0.4, 0.5) is 5.69 Å². The summed E-state index contributed by atoms with van der Waals surface area (Å²) in [6, 6.07) is 5.51. The number of rotatable bonds is 4. The minimum Gasteiger partial charge on any atom is -0.378 e. The highest BCUT2D eigenvalue weighted by atomic mass is 16.5. The summed E-state index contributed by atoms with van der Waals surface area (Å²) in [5.74, 6) is -0.0126. The van der Waals surface area contributed by atoms with E-state index < -0.39 is 0 Å². The van der Waals surface area contributed by atoms with Crippen LogP contribution in [0.3, 0.4) is 0 Å². The number of quaternary nitrogens is 2. The molecule has 30 heavy (non-hydrogen) atoms. The number of morpholine rings is 1. The summed E-state index contributed by atoms with van der Waals surface area (Å²) >= 11 is 0. The van der Waals surface area contributed by atoms with Crippen molar-refractivity contribution in [3.05, 3.63) is 29.3 Å². The molecule has 0 unspecified atom stereocenters. The number of carbonyl (C=O) groups is 3. The van der Waals surface area contributed by atoms with Crippen LogP contribution in [-0.4, -0.2) is 87.7 Å². The standard InChI is InChI=1S/C22H30N4O4/c1-16-3-4-18(17(2)13-16)26-20(27)14-19(22(26)29)24-7-5-23(6-8-24)15-21(28)25-9-11-30-12-10-25/h3-4,13,19H,5-12,14-15H2,1-2H3/p+2/t19-/m1/s1. The van der Waals surface area contributed by atoms with Crippen LogP contribution in [0.5, 0.6) is 0 Å². The topological polar surface area (TPSA) is 75.8 Å². The molecule has 3 aliphatic rings. The molecule has 0 bridgehead atoms. The third-order valence-electron chi connectivity index (χ3n) is 6.60. The molecular formula is C22H32N4O4+2. The molecule has 2 N–H and O–H groups in total. The molecule has 0 aromatic heterocycles. The molecule has 1 atom stereocenters. The van der Waals surface area contributed by atoms with E-state index in [0.29, 0.717) is 38.5 Å². The van der Waals surface area contributed by atoms with E-state index in [2.05, 4.69) is 0 Å². The van der Waals surface area contributed by atoms with Crippen molar-refractivity contribution < 1.29 is 28.9 Å². The number of nitrogens with zero attached hydrogens (tertiary/aromatic N) is 2. The van der Waals surface area contributed by atoms with Gasteiger partial charge in [-0.25, -0.2) is 4.90 Å². The average Bonchev–Trinajstić information content (AvgIpc) is 3.03. The van der Waals surface area contributed by atoms with Crippen LogP contribution in [0, 0.1) is 13.8 Å². The summed E-state index contributed by atoms with van der Waals surface area (Å²) in [6.45, 7) is 10.3. The second-order valence-electron chi connectivity index (χ2n) is 8.69. The Labute approximate surface area is 177 Å². The van der Waals surface area contributed by atoms with Crippen molar-refractivity contribution in [2.75, 3.05) is 63.9 Å². The predicted octanol–water partition coefficient (Wildman–Crippen LogP) is -2.42. The lowest BCUT2D eigenvalue weighted by atomic mass is 10.1. The lowest BCUT2D eigenvalue weighted by molar-refractivity contribution is -1.02. The van der Waals surface area contributed by atoms with Crippen LogP contribution < -0.4 is 14.7 Å². The number of hydrogen-bond acceptors (Lipinski definition) is 4. The fourth-order valence-corrected chi connectivity index (χ4v) is 4.85. The zero-order chi connectivity index (χ0) is 21.3. The highest BCUT2D eigenvalue weighted by Gasteiger charge is 2.47. The minimum absolute atomic E-state index is 0.0882. The Bertz CT molecular complexity index is 828. The first kappa shape index (κ1) is 21.0. The SMILES string of the molecule is Cc1ccc(N2C(=O)C[C@@H]([NH+]3CC[NH+](CC(=O)N4CCOCC4)CC3)C2=O)c(C)c1. The lowest BCUT2D eigenvalue weighted by Gasteiger charge is -2.33. The Kier molecular flexibility index (Phi) is 6.17. The van der Waals surface area contributed by atoms with Crippen LogP contribution in [0.25, 0.3) is 0 Å². The van der Waals surface area contributed by atoms with Gasteiger partial charge >= 0.3 is 0 Å². The molecule has 1 aromatic carbocycles. The van der Waals surface area contributed by atoms with Gasteiger partial charge in [0, 0.05) is 13.1 Å². The molecule has 4 rings (SSSR count). The Balaban J connectivity index is 1.34.